The molecule has 22 heavy (non-hydrogen) atoms. The van der Waals surface area contributed by atoms with Gasteiger partial charge < -0.3 is 14.4 Å². The van der Waals surface area contributed by atoms with E-state index in [2.05, 4.69) is 0 Å². The van der Waals surface area contributed by atoms with Crippen molar-refractivity contribution in [2.75, 3.05) is 24.5 Å². The van der Waals surface area contributed by atoms with E-state index in [1.165, 1.54) is 0 Å². The Bertz CT molecular complexity index is 722. The zero-order valence-corrected chi connectivity index (χ0v) is 13.1. The molecule has 0 saturated carbocycles. The Kier molecular flexibility index (Phi) is 3.07. The number of amides is 2. The molecule has 6 heteroatoms. The van der Waals surface area contributed by atoms with Crippen LogP contribution in [-0.2, 0) is 11.8 Å². The molecular weight excluding hydrogens is 298 g/mol. The van der Waals surface area contributed by atoms with Gasteiger partial charge in [-0.25, -0.2) is 0 Å². The number of likely N-dealkylation sites (tertiary alicyclic amines) is 1. The van der Waals surface area contributed by atoms with E-state index < -0.39 is 0 Å². The minimum atomic E-state index is -0.0517. The maximum atomic E-state index is 12.6. The van der Waals surface area contributed by atoms with E-state index in [1.54, 1.807) is 11.3 Å². The Morgan fingerprint density at radius 1 is 1.27 bits per heavy atom. The lowest BCUT2D eigenvalue weighted by atomic mass is 10.0. The number of nitrogens with zero attached hydrogens (tertiary/aromatic N) is 3. The van der Waals surface area contributed by atoms with Crippen LogP contribution in [0, 0.1) is 11.8 Å². The minimum absolute atomic E-state index is 0.0248. The van der Waals surface area contributed by atoms with Crippen molar-refractivity contribution in [2.45, 2.75) is 0 Å². The quantitative estimate of drug-likeness (QED) is 0.848. The largest absolute Gasteiger partial charge is 0.347 e. The molecule has 0 aliphatic carbocycles. The van der Waals surface area contributed by atoms with Gasteiger partial charge in [0.15, 0.2) is 0 Å². The minimum Gasteiger partial charge on any atom is -0.347 e. The second-order valence-corrected chi connectivity index (χ2v) is 6.79. The van der Waals surface area contributed by atoms with Gasteiger partial charge in [0.1, 0.15) is 5.69 Å². The van der Waals surface area contributed by atoms with Gasteiger partial charge in [-0.3, -0.25) is 9.59 Å². The summed E-state index contributed by atoms with van der Waals surface area (Å²) in [7, 11) is 1.87. The summed E-state index contributed by atoms with van der Waals surface area (Å²) in [5.41, 5.74) is 1.67. The molecule has 114 valence electrons. The number of fused-ring (bicyclic) bond motifs is 1. The lowest BCUT2D eigenvalue weighted by Gasteiger charge is -2.21. The van der Waals surface area contributed by atoms with Gasteiger partial charge in [0.25, 0.3) is 5.91 Å². The maximum absolute atomic E-state index is 12.6. The molecule has 2 aliphatic rings. The summed E-state index contributed by atoms with van der Waals surface area (Å²) in [6.07, 6.45) is 1.87. The SMILES string of the molecule is Cn1cccc1C(=O)N1C[C@@H]2CN(c3ccsc3)C(=O)[C@@H]2C1. The van der Waals surface area contributed by atoms with Crippen LogP contribution in [0.3, 0.4) is 0 Å². The van der Waals surface area contributed by atoms with E-state index >= 15 is 0 Å². The van der Waals surface area contributed by atoms with Crippen molar-refractivity contribution in [1.29, 1.82) is 0 Å². The summed E-state index contributed by atoms with van der Waals surface area (Å²) < 4.78 is 1.83. The summed E-state index contributed by atoms with van der Waals surface area (Å²) in [5.74, 6) is 0.378. The van der Waals surface area contributed by atoms with Gasteiger partial charge in [0.2, 0.25) is 5.91 Å². The smallest absolute Gasteiger partial charge is 0.270 e. The van der Waals surface area contributed by atoms with Gasteiger partial charge in [0.05, 0.1) is 11.6 Å². The molecule has 5 nitrogen and oxygen atoms in total. The monoisotopic (exact) mass is 315 g/mol. The number of hydrogen-bond donors (Lipinski definition) is 0. The highest BCUT2D eigenvalue weighted by atomic mass is 32.1. The van der Waals surface area contributed by atoms with E-state index in [-0.39, 0.29) is 23.7 Å². The summed E-state index contributed by atoms with van der Waals surface area (Å²) in [4.78, 5) is 28.9. The van der Waals surface area contributed by atoms with Crippen molar-refractivity contribution in [3.63, 3.8) is 0 Å². The molecule has 2 atom stereocenters. The molecule has 2 saturated heterocycles. The summed E-state index contributed by atoms with van der Waals surface area (Å²) in [6, 6.07) is 5.68. The Hall–Kier alpha value is -2.08. The molecule has 0 spiro atoms. The highest BCUT2D eigenvalue weighted by molar-refractivity contribution is 7.08. The maximum Gasteiger partial charge on any atom is 0.270 e. The number of aromatic nitrogens is 1. The predicted molar refractivity (Wildman–Crippen MR) is 85.0 cm³/mol. The Morgan fingerprint density at radius 3 is 2.77 bits per heavy atom. The van der Waals surface area contributed by atoms with Crippen LogP contribution in [0.2, 0.25) is 0 Å². The Morgan fingerprint density at radius 2 is 2.14 bits per heavy atom. The molecule has 2 amide bonds. The van der Waals surface area contributed by atoms with E-state index in [1.807, 2.05) is 56.6 Å². The Balaban J connectivity index is 1.50. The van der Waals surface area contributed by atoms with Gasteiger partial charge in [-0.05, 0) is 23.6 Å². The number of rotatable bonds is 2. The van der Waals surface area contributed by atoms with E-state index in [9.17, 15) is 9.59 Å². The lowest BCUT2D eigenvalue weighted by Crippen LogP contribution is -2.36. The highest BCUT2D eigenvalue weighted by Gasteiger charge is 2.48. The predicted octanol–water partition coefficient (Wildman–Crippen LogP) is 1.82. The average molecular weight is 315 g/mol. The van der Waals surface area contributed by atoms with Crippen LogP contribution in [0.4, 0.5) is 5.69 Å². The molecule has 2 aromatic rings. The molecule has 2 aromatic heterocycles. The summed E-state index contributed by atoms with van der Waals surface area (Å²) in [5, 5.41) is 3.99. The van der Waals surface area contributed by atoms with Crippen molar-refractivity contribution in [1.82, 2.24) is 9.47 Å². The third-order valence-electron chi connectivity index (χ3n) is 4.71. The van der Waals surface area contributed by atoms with E-state index in [0.717, 1.165) is 12.2 Å². The molecule has 0 unspecified atom stereocenters. The molecule has 0 bridgehead atoms. The van der Waals surface area contributed by atoms with Crippen LogP contribution in [0.15, 0.2) is 35.2 Å². The molecule has 0 N–H and O–H groups in total. The fourth-order valence-electron chi connectivity index (χ4n) is 3.52. The molecule has 2 fully saturated rings. The van der Waals surface area contributed by atoms with Gasteiger partial charge >= 0.3 is 0 Å². The molecule has 0 radical (unpaired) electrons. The van der Waals surface area contributed by atoms with Crippen LogP contribution < -0.4 is 4.90 Å². The van der Waals surface area contributed by atoms with E-state index in [0.29, 0.717) is 18.8 Å². The fraction of sp³-hybridized carbons (Fsp3) is 0.375. The topological polar surface area (TPSA) is 45.6 Å². The normalized spacial score (nSPS) is 24.1. The van der Waals surface area contributed by atoms with Gasteiger partial charge in [-0.2, -0.15) is 11.3 Å². The number of aryl methyl sites for hydroxylation is 1. The van der Waals surface area contributed by atoms with Crippen LogP contribution in [-0.4, -0.2) is 40.9 Å². The first-order valence-corrected chi connectivity index (χ1v) is 8.33. The third kappa shape index (κ3) is 1.98. The number of hydrogen-bond acceptors (Lipinski definition) is 3. The number of thiophene rings is 1. The van der Waals surface area contributed by atoms with Crippen LogP contribution in [0.1, 0.15) is 10.5 Å². The number of anilines is 1. The van der Waals surface area contributed by atoms with Crippen molar-refractivity contribution in [3.05, 3.63) is 40.8 Å². The van der Waals surface area contributed by atoms with Crippen LogP contribution >= 0.6 is 11.3 Å². The number of carbonyl (C=O) groups is 2. The standard InChI is InChI=1S/C16H17N3O2S/c1-17-5-2-3-14(17)16(21)18-7-11-8-19(12-4-6-22-10-12)15(20)13(11)9-18/h2-6,10-11,13H,7-9H2,1H3/t11-,13-/m1/s1. The molecular formula is C16H17N3O2S. The molecule has 4 heterocycles. The van der Waals surface area contributed by atoms with Gasteiger partial charge in [-0.1, -0.05) is 0 Å². The summed E-state index contributed by atoms with van der Waals surface area (Å²) in [6.45, 7) is 1.92. The van der Waals surface area contributed by atoms with Crippen molar-refractivity contribution < 1.29 is 9.59 Å². The molecule has 0 aromatic carbocycles. The third-order valence-corrected chi connectivity index (χ3v) is 5.38. The lowest BCUT2D eigenvalue weighted by molar-refractivity contribution is -0.120. The average Bonchev–Trinajstić information content (AvgIpc) is 3.24. The van der Waals surface area contributed by atoms with Gasteiger partial charge in [0, 0.05) is 44.2 Å². The van der Waals surface area contributed by atoms with Crippen molar-refractivity contribution >= 4 is 28.8 Å². The second-order valence-electron chi connectivity index (χ2n) is 6.01. The molecule has 2 aliphatic heterocycles. The van der Waals surface area contributed by atoms with Crippen molar-refractivity contribution in [2.24, 2.45) is 18.9 Å². The molecule has 4 rings (SSSR count). The zero-order valence-electron chi connectivity index (χ0n) is 12.3. The first-order valence-electron chi connectivity index (χ1n) is 7.39. The Labute approximate surface area is 132 Å². The number of carbonyl (C=O) groups excluding carboxylic acids is 2. The van der Waals surface area contributed by atoms with E-state index in [4.69, 9.17) is 0 Å². The first-order chi connectivity index (χ1) is 10.6. The summed E-state index contributed by atoms with van der Waals surface area (Å²) >= 11 is 1.60. The van der Waals surface area contributed by atoms with Gasteiger partial charge in [-0.15, -0.1) is 0 Å². The first kappa shape index (κ1) is 13.6. The fourth-order valence-corrected chi connectivity index (χ4v) is 4.16. The van der Waals surface area contributed by atoms with Crippen LogP contribution in [0.5, 0.6) is 0 Å². The van der Waals surface area contributed by atoms with Crippen LogP contribution in [0.25, 0.3) is 0 Å². The van der Waals surface area contributed by atoms with Crippen molar-refractivity contribution in [3.8, 4) is 0 Å². The zero-order chi connectivity index (χ0) is 15.3. The second kappa shape index (κ2) is 4.98. The highest BCUT2D eigenvalue weighted by Crippen LogP contribution is 2.36.